The van der Waals surface area contributed by atoms with E-state index < -0.39 is 0 Å². The lowest BCUT2D eigenvalue weighted by atomic mass is 9.90. The zero-order valence-electron chi connectivity index (χ0n) is 17.2. The molecule has 3 nitrogen and oxygen atoms in total. The van der Waals surface area contributed by atoms with Gasteiger partial charge in [-0.2, -0.15) is 0 Å². The van der Waals surface area contributed by atoms with Crippen LogP contribution in [-0.2, 0) is 0 Å². The molecule has 3 aromatic rings. The minimum Gasteiger partial charge on any atom is -0.362 e. The lowest BCUT2D eigenvalue weighted by Crippen LogP contribution is -2.01. The summed E-state index contributed by atoms with van der Waals surface area (Å²) in [5.74, 6) is 0. The first-order chi connectivity index (χ1) is 14.1. The number of hydrogen-bond donors (Lipinski definition) is 1. The van der Waals surface area contributed by atoms with Gasteiger partial charge in [-0.3, -0.25) is 9.98 Å². The first-order valence-corrected chi connectivity index (χ1v) is 9.84. The molecule has 1 aromatic heterocycles. The fraction of sp³-hybridized carbons (Fsp3) is 0.154. The first kappa shape index (κ1) is 18.9. The zero-order valence-corrected chi connectivity index (χ0v) is 17.2. The van der Waals surface area contributed by atoms with Crippen molar-refractivity contribution < 1.29 is 0 Å². The number of rotatable bonds is 5. The lowest BCUT2D eigenvalue weighted by molar-refractivity contribution is 1.18. The number of aromatic nitrogens is 1. The van der Waals surface area contributed by atoms with Gasteiger partial charge in [0.25, 0.3) is 0 Å². The second kappa shape index (κ2) is 7.88. The van der Waals surface area contributed by atoms with Crippen LogP contribution in [0.3, 0.4) is 0 Å². The number of aryl methyl sites for hydroxylation is 1. The van der Waals surface area contributed by atoms with Crippen molar-refractivity contribution in [1.29, 1.82) is 0 Å². The Bertz CT molecular complexity index is 1140. The molecule has 0 radical (unpaired) electrons. The van der Waals surface area contributed by atoms with Gasteiger partial charge < -0.3 is 5.32 Å². The van der Waals surface area contributed by atoms with Crippen LogP contribution in [0, 0.1) is 6.92 Å². The monoisotopic (exact) mass is 379 g/mol. The Hall–Kier alpha value is -3.46. The maximum atomic E-state index is 4.72. The smallest absolute Gasteiger partial charge is 0.0781 e. The lowest BCUT2D eigenvalue weighted by Gasteiger charge is -2.18. The molecule has 0 aliphatic carbocycles. The SMILES string of the molecule is C=CNc1c(C)cc(C2=C(C)CN=C2C)cc1-c1cccnc1-c1ccccc1. The summed E-state index contributed by atoms with van der Waals surface area (Å²) in [5, 5.41) is 3.35. The highest BCUT2D eigenvalue weighted by Gasteiger charge is 2.20. The van der Waals surface area contributed by atoms with Crippen molar-refractivity contribution in [3.63, 3.8) is 0 Å². The molecule has 3 heteroatoms. The number of aliphatic imine (C=N–C) groups is 1. The van der Waals surface area contributed by atoms with Gasteiger partial charge in [0, 0.05) is 39.9 Å². The topological polar surface area (TPSA) is 37.3 Å². The molecule has 0 amide bonds. The molecule has 0 fully saturated rings. The predicted molar refractivity (Wildman–Crippen MR) is 124 cm³/mol. The highest BCUT2D eigenvalue weighted by Crippen LogP contribution is 2.39. The fourth-order valence-corrected chi connectivity index (χ4v) is 4.05. The summed E-state index contributed by atoms with van der Waals surface area (Å²) in [5.41, 5.74) is 11.4. The number of hydrogen-bond acceptors (Lipinski definition) is 3. The summed E-state index contributed by atoms with van der Waals surface area (Å²) < 4.78 is 0. The van der Waals surface area contributed by atoms with Crippen LogP contribution in [0.15, 0.2) is 84.1 Å². The summed E-state index contributed by atoms with van der Waals surface area (Å²) in [6.07, 6.45) is 3.58. The molecule has 29 heavy (non-hydrogen) atoms. The zero-order chi connectivity index (χ0) is 20.4. The van der Waals surface area contributed by atoms with E-state index in [0.717, 1.165) is 40.3 Å². The maximum absolute atomic E-state index is 4.72. The summed E-state index contributed by atoms with van der Waals surface area (Å²) >= 11 is 0. The predicted octanol–water partition coefficient (Wildman–Crippen LogP) is 6.53. The van der Waals surface area contributed by atoms with Crippen LogP contribution >= 0.6 is 0 Å². The van der Waals surface area contributed by atoms with Gasteiger partial charge >= 0.3 is 0 Å². The van der Waals surface area contributed by atoms with Crippen LogP contribution < -0.4 is 5.32 Å². The third-order valence-corrected chi connectivity index (χ3v) is 5.36. The van der Waals surface area contributed by atoms with Gasteiger partial charge in [-0.05, 0) is 61.9 Å². The molecule has 0 unspecified atom stereocenters. The summed E-state index contributed by atoms with van der Waals surface area (Å²) in [6, 6.07) is 18.9. The van der Waals surface area contributed by atoms with E-state index in [1.807, 2.05) is 30.5 Å². The van der Waals surface area contributed by atoms with Crippen molar-refractivity contribution in [2.75, 3.05) is 11.9 Å². The van der Waals surface area contributed by atoms with E-state index in [1.165, 1.54) is 22.3 Å². The van der Waals surface area contributed by atoms with Crippen molar-refractivity contribution in [2.24, 2.45) is 4.99 Å². The van der Waals surface area contributed by atoms with E-state index in [2.05, 4.69) is 68.0 Å². The average Bonchev–Trinajstić information content (AvgIpc) is 3.08. The Balaban J connectivity index is 1.98. The molecule has 1 N–H and O–H groups in total. The van der Waals surface area contributed by atoms with E-state index in [1.54, 1.807) is 6.20 Å². The summed E-state index contributed by atoms with van der Waals surface area (Å²) in [7, 11) is 0. The van der Waals surface area contributed by atoms with Gasteiger partial charge in [0.1, 0.15) is 0 Å². The molecule has 0 spiro atoms. The van der Waals surface area contributed by atoms with Crippen LogP contribution in [-0.4, -0.2) is 17.2 Å². The van der Waals surface area contributed by atoms with E-state index in [4.69, 9.17) is 4.98 Å². The van der Waals surface area contributed by atoms with E-state index in [-0.39, 0.29) is 0 Å². The van der Waals surface area contributed by atoms with Gasteiger partial charge in [0.2, 0.25) is 0 Å². The Morgan fingerprint density at radius 3 is 2.41 bits per heavy atom. The Labute approximate surface area is 172 Å². The van der Waals surface area contributed by atoms with Crippen molar-refractivity contribution in [1.82, 2.24) is 4.98 Å². The van der Waals surface area contributed by atoms with Gasteiger partial charge in [-0.25, -0.2) is 0 Å². The van der Waals surface area contributed by atoms with Crippen LogP contribution in [0.4, 0.5) is 5.69 Å². The molecular weight excluding hydrogens is 354 g/mol. The molecule has 0 atom stereocenters. The van der Waals surface area contributed by atoms with Gasteiger partial charge in [0.15, 0.2) is 0 Å². The summed E-state index contributed by atoms with van der Waals surface area (Å²) in [6.45, 7) is 11.1. The van der Waals surface area contributed by atoms with E-state index in [9.17, 15) is 0 Å². The van der Waals surface area contributed by atoms with Crippen molar-refractivity contribution in [2.45, 2.75) is 20.8 Å². The third-order valence-electron chi connectivity index (χ3n) is 5.36. The molecule has 2 aromatic carbocycles. The highest BCUT2D eigenvalue weighted by atomic mass is 14.8. The minimum absolute atomic E-state index is 0.782. The molecule has 2 heterocycles. The largest absolute Gasteiger partial charge is 0.362 e. The molecule has 1 aliphatic heterocycles. The fourth-order valence-electron chi connectivity index (χ4n) is 4.05. The maximum Gasteiger partial charge on any atom is 0.0781 e. The van der Waals surface area contributed by atoms with Crippen LogP contribution in [0.1, 0.15) is 25.0 Å². The standard InChI is InChI=1S/C26H25N3/c1-5-27-25-17(2)14-21(24-18(3)16-29-19(24)4)15-23(25)22-12-9-13-28-26(22)20-10-7-6-8-11-20/h5-15,27H,1,16H2,2-4H3. The molecule has 0 bridgehead atoms. The van der Waals surface area contributed by atoms with Gasteiger partial charge in [0.05, 0.1) is 12.2 Å². The van der Waals surface area contributed by atoms with Crippen molar-refractivity contribution in [3.05, 3.63) is 90.3 Å². The quantitative estimate of drug-likeness (QED) is 0.547. The average molecular weight is 380 g/mol. The van der Waals surface area contributed by atoms with Crippen molar-refractivity contribution in [3.8, 4) is 22.4 Å². The van der Waals surface area contributed by atoms with Gasteiger partial charge in [-0.15, -0.1) is 0 Å². The Morgan fingerprint density at radius 2 is 1.72 bits per heavy atom. The Kier molecular flexibility index (Phi) is 5.13. The number of nitrogens with one attached hydrogen (secondary N) is 1. The Morgan fingerprint density at radius 1 is 0.931 bits per heavy atom. The van der Waals surface area contributed by atoms with Crippen LogP contribution in [0.5, 0.6) is 0 Å². The second-order valence-corrected chi connectivity index (χ2v) is 7.39. The van der Waals surface area contributed by atoms with Crippen molar-refractivity contribution >= 4 is 17.0 Å². The number of anilines is 1. The molecule has 1 aliphatic rings. The van der Waals surface area contributed by atoms with Gasteiger partial charge in [-0.1, -0.05) is 43.0 Å². The number of benzene rings is 2. The molecule has 4 rings (SSSR count). The van der Waals surface area contributed by atoms with Crippen LogP contribution in [0.2, 0.25) is 0 Å². The third kappa shape index (κ3) is 3.52. The highest BCUT2D eigenvalue weighted by molar-refractivity contribution is 6.25. The molecule has 0 saturated heterocycles. The number of allylic oxidation sites excluding steroid dienone is 1. The van der Waals surface area contributed by atoms with E-state index >= 15 is 0 Å². The molecule has 0 saturated carbocycles. The first-order valence-electron chi connectivity index (χ1n) is 9.84. The van der Waals surface area contributed by atoms with E-state index in [0.29, 0.717) is 0 Å². The van der Waals surface area contributed by atoms with Crippen LogP contribution in [0.25, 0.3) is 28.0 Å². The molecule has 144 valence electrons. The summed E-state index contributed by atoms with van der Waals surface area (Å²) in [4.78, 5) is 9.35. The molecular formula is C26H25N3. The number of pyridine rings is 1. The second-order valence-electron chi connectivity index (χ2n) is 7.39. The minimum atomic E-state index is 0.782. The normalized spacial score (nSPS) is 13.4. The number of nitrogens with zero attached hydrogens (tertiary/aromatic N) is 2.